The highest BCUT2D eigenvalue weighted by molar-refractivity contribution is 7.89. The van der Waals surface area contributed by atoms with Gasteiger partial charge in [-0.15, -0.1) is 0 Å². The van der Waals surface area contributed by atoms with Gasteiger partial charge >= 0.3 is 17.9 Å². The van der Waals surface area contributed by atoms with Gasteiger partial charge < -0.3 is 45.9 Å². The van der Waals surface area contributed by atoms with Crippen LogP contribution >= 0.6 is 0 Å². The Labute approximate surface area is 419 Å². The molecule has 0 aliphatic heterocycles. The van der Waals surface area contributed by atoms with Crippen LogP contribution in [0, 0.1) is 6.92 Å². The van der Waals surface area contributed by atoms with Crippen LogP contribution < -0.4 is 20.7 Å². The molecule has 0 saturated heterocycles. The molecule has 3 amide bonds. The van der Waals surface area contributed by atoms with Gasteiger partial charge in [-0.3, -0.25) is 14.4 Å². The Hall–Kier alpha value is -9.01. The molecule has 0 bridgehead atoms. The van der Waals surface area contributed by atoms with Crippen molar-refractivity contribution in [2.24, 2.45) is 0 Å². The van der Waals surface area contributed by atoms with E-state index in [0.29, 0.717) is 30.2 Å². The van der Waals surface area contributed by atoms with E-state index in [0.717, 1.165) is 34.4 Å². The minimum Gasteiger partial charge on any atom is -0.507 e. The fraction of sp³-hybridized carbons (Fsp3) is 0.111. The number of carboxylic acid groups (broad SMARTS) is 3. The number of hydrogen-bond acceptors (Lipinski definition) is 11. The Kier molecular flexibility index (Phi) is 20.6. The molecule has 0 unspecified atom stereocenters. The Balaban J connectivity index is 0.000000208. The SMILES string of the molecule is Cc1cc(NC(=O)COCc2ccccc2)ccc1C(=O)O.O=C(CNS(=O)(=O)c1ccc(-c2ccccc2)cc1)Nc1ccc(C(=O)O)c(O)c1.O=C(COCc1ccccc1)Nc1ccc(C(=O)O)cc1. The predicted molar refractivity (Wildman–Crippen MR) is 272 cm³/mol. The van der Waals surface area contributed by atoms with Crippen LogP contribution in [-0.4, -0.2) is 84.2 Å². The molecule has 0 heterocycles. The Morgan fingerprint density at radius 3 is 1.40 bits per heavy atom. The summed E-state index contributed by atoms with van der Waals surface area (Å²) < 4.78 is 37.7. The second-order valence-electron chi connectivity index (χ2n) is 15.6. The van der Waals surface area contributed by atoms with Crippen LogP contribution in [0.15, 0.2) is 181 Å². The van der Waals surface area contributed by atoms with Crippen LogP contribution in [-0.2, 0) is 47.1 Å². The van der Waals surface area contributed by atoms with E-state index in [9.17, 15) is 42.3 Å². The van der Waals surface area contributed by atoms with Gasteiger partial charge in [0.15, 0.2) is 0 Å². The second-order valence-corrected chi connectivity index (χ2v) is 17.3. The number of aromatic carboxylic acids is 3. The third-order valence-electron chi connectivity index (χ3n) is 10.1. The first-order chi connectivity index (χ1) is 35.0. The van der Waals surface area contributed by atoms with Crippen LogP contribution in [0.25, 0.3) is 11.1 Å². The minimum absolute atomic E-state index is 0.0124. The van der Waals surface area contributed by atoms with E-state index in [4.69, 9.17) is 24.8 Å². The molecule has 0 aromatic heterocycles. The number of aryl methyl sites for hydroxylation is 1. The van der Waals surface area contributed by atoms with Crippen molar-refractivity contribution in [3.63, 3.8) is 0 Å². The van der Waals surface area contributed by atoms with Crippen LogP contribution in [0.2, 0.25) is 0 Å². The number of rotatable bonds is 19. The van der Waals surface area contributed by atoms with Crippen molar-refractivity contribution < 1.29 is 67.1 Å². The van der Waals surface area contributed by atoms with Crippen molar-refractivity contribution in [3.8, 4) is 16.9 Å². The molecular weight excluding hydrogens is 961 g/mol. The number of hydrogen-bond donors (Lipinski definition) is 8. The molecular formula is C54H50N4O14S. The topological polar surface area (TPSA) is 284 Å². The number of phenols is 1. The lowest BCUT2D eigenvalue weighted by molar-refractivity contribution is -0.121. The summed E-state index contributed by atoms with van der Waals surface area (Å²) in [5, 5.41) is 44.0. The number of anilines is 3. The van der Waals surface area contributed by atoms with Crippen LogP contribution in [0.1, 0.15) is 47.8 Å². The summed E-state index contributed by atoms with van der Waals surface area (Å²) >= 11 is 0. The van der Waals surface area contributed by atoms with E-state index in [1.807, 2.05) is 91.0 Å². The molecule has 7 aromatic rings. The fourth-order valence-corrected chi connectivity index (χ4v) is 7.42. The van der Waals surface area contributed by atoms with Crippen molar-refractivity contribution in [1.82, 2.24) is 4.72 Å². The smallest absolute Gasteiger partial charge is 0.339 e. The molecule has 7 rings (SSSR count). The molecule has 0 radical (unpaired) electrons. The van der Waals surface area contributed by atoms with Crippen molar-refractivity contribution >= 4 is 62.7 Å². The quantitative estimate of drug-likeness (QED) is 0.0380. The molecule has 19 heteroatoms. The number of amides is 3. The maximum absolute atomic E-state index is 12.4. The van der Waals surface area contributed by atoms with Gasteiger partial charge in [-0.05, 0) is 101 Å². The number of ether oxygens (including phenoxy) is 2. The number of carboxylic acids is 3. The van der Waals surface area contributed by atoms with Crippen molar-refractivity contribution in [2.75, 3.05) is 35.7 Å². The number of sulfonamides is 1. The maximum atomic E-state index is 12.4. The van der Waals surface area contributed by atoms with E-state index in [2.05, 4.69) is 20.7 Å². The average molecular weight is 1010 g/mol. The molecule has 7 aromatic carbocycles. The van der Waals surface area contributed by atoms with Crippen LogP contribution in [0.5, 0.6) is 5.75 Å². The van der Waals surface area contributed by atoms with Gasteiger partial charge in [0.2, 0.25) is 27.7 Å². The molecule has 8 N–H and O–H groups in total. The molecule has 0 atom stereocenters. The normalized spacial score (nSPS) is 10.5. The lowest BCUT2D eigenvalue weighted by Gasteiger charge is -2.09. The number of nitrogens with one attached hydrogen (secondary N) is 4. The summed E-state index contributed by atoms with van der Waals surface area (Å²) in [7, 11) is -3.91. The first-order valence-corrected chi connectivity index (χ1v) is 23.5. The first-order valence-electron chi connectivity index (χ1n) is 22.0. The zero-order valence-corrected chi connectivity index (χ0v) is 39.9. The summed E-state index contributed by atoms with van der Waals surface area (Å²) in [4.78, 5) is 68.0. The van der Waals surface area contributed by atoms with E-state index in [1.165, 1.54) is 36.4 Å². The Morgan fingerprint density at radius 2 is 0.918 bits per heavy atom. The second kappa shape index (κ2) is 27.4. The number of benzene rings is 7. The first kappa shape index (κ1) is 54.9. The number of aromatic hydroxyl groups is 1. The van der Waals surface area contributed by atoms with E-state index >= 15 is 0 Å². The fourth-order valence-electron chi connectivity index (χ4n) is 6.44. The maximum Gasteiger partial charge on any atom is 0.339 e. The van der Waals surface area contributed by atoms with Crippen molar-refractivity contribution in [3.05, 3.63) is 209 Å². The average Bonchev–Trinajstić information content (AvgIpc) is 3.37. The lowest BCUT2D eigenvalue weighted by atomic mass is 10.1. The highest BCUT2D eigenvalue weighted by Crippen LogP contribution is 2.23. The highest BCUT2D eigenvalue weighted by Gasteiger charge is 2.17. The number of carbonyl (C=O) groups is 6. The van der Waals surface area contributed by atoms with Gasteiger partial charge in [0, 0.05) is 23.1 Å². The Morgan fingerprint density at radius 1 is 0.479 bits per heavy atom. The van der Waals surface area contributed by atoms with Crippen molar-refractivity contribution in [1.29, 1.82) is 0 Å². The molecule has 18 nitrogen and oxygen atoms in total. The molecule has 0 aliphatic carbocycles. The summed E-state index contributed by atoms with van der Waals surface area (Å²) in [5.74, 6) is -5.05. The largest absolute Gasteiger partial charge is 0.507 e. The summed E-state index contributed by atoms with van der Waals surface area (Å²) in [5.41, 5.74) is 5.70. The molecule has 0 spiro atoms. The van der Waals surface area contributed by atoms with Gasteiger partial charge in [-0.1, -0.05) is 103 Å². The third-order valence-corrected chi connectivity index (χ3v) is 11.5. The summed E-state index contributed by atoms with van der Waals surface area (Å²) in [6.45, 7) is 1.76. The van der Waals surface area contributed by atoms with Gasteiger partial charge in [0.25, 0.3) is 0 Å². The lowest BCUT2D eigenvalue weighted by Crippen LogP contribution is -2.32. The zero-order chi connectivity index (χ0) is 52.8. The zero-order valence-electron chi connectivity index (χ0n) is 39.1. The van der Waals surface area contributed by atoms with E-state index in [1.54, 1.807) is 43.3 Å². The monoisotopic (exact) mass is 1010 g/mol. The number of carbonyl (C=O) groups excluding carboxylic acids is 3. The molecule has 73 heavy (non-hydrogen) atoms. The minimum atomic E-state index is -3.91. The van der Waals surface area contributed by atoms with Crippen LogP contribution in [0.4, 0.5) is 17.1 Å². The van der Waals surface area contributed by atoms with E-state index in [-0.39, 0.29) is 52.3 Å². The van der Waals surface area contributed by atoms with E-state index < -0.39 is 46.1 Å². The summed E-state index contributed by atoms with van der Waals surface area (Å²) in [6.07, 6.45) is 0. The Bertz CT molecular complexity index is 3100. The van der Waals surface area contributed by atoms with Gasteiger partial charge in [0.1, 0.15) is 24.5 Å². The predicted octanol–water partition coefficient (Wildman–Crippen LogP) is 8.06. The molecule has 0 fully saturated rings. The third kappa shape index (κ3) is 18.4. The van der Waals surface area contributed by atoms with Crippen molar-refractivity contribution in [2.45, 2.75) is 25.0 Å². The standard InChI is InChI=1S/C21H18N2O6S.C17H17NO4.C16H15NO4/c24-19-12-16(8-11-18(19)21(26)27)23-20(25)13-22-30(28,29)17-9-6-15(7-10-17)14-4-2-1-3-5-14;1-12-9-14(7-8-15(12)17(20)21)18-16(19)11-22-10-13-5-3-2-4-6-13;18-15(11-21-10-12-4-2-1-3-5-12)17-14-8-6-13(7-9-14)16(19)20/h1-12,22,24H,13H2,(H,23,25)(H,26,27);2-9H,10-11H2,1H3,(H,18,19)(H,20,21);1-9H,10-11H2,(H,17,18)(H,19,20). The van der Waals surface area contributed by atoms with Crippen LogP contribution in [0.3, 0.4) is 0 Å². The molecule has 0 aliphatic rings. The highest BCUT2D eigenvalue weighted by atomic mass is 32.2. The van der Waals surface area contributed by atoms with Gasteiger partial charge in [0.05, 0.1) is 35.8 Å². The van der Waals surface area contributed by atoms with Gasteiger partial charge in [-0.25, -0.2) is 27.5 Å². The summed E-state index contributed by atoms with van der Waals surface area (Å²) in [6, 6.07) is 49.0. The molecule has 376 valence electrons. The molecule has 0 saturated carbocycles. The van der Waals surface area contributed by atoms with Gasteiger partial charge in [-0.2, -0.15) is 0 Å².